The second kappa shape index (κ2) is 6.58. The van der Waals surface area contributed by atoms with Crippen molar-refractivity contribution >= 4 is 12.1 Å². The SMILES string of the molecule is CCOc1ccccc1/C=N\NC(=O)CO. The Balaban J connectivity index is 2.68. The molecule has 1 aromatic rings. The summed E-state index contributed by atoms with van der Waals surface area (Å²) < 4.78 is 5.37. The van der Waals surface area contributed by atoms with Crippen molar-refractivity contribution in [3.63, 3.8) is 0 Å². The minimum Gasteiger partial charge on any atom is -0.493 e. The van der Waals surface area contributed by atoms with Gasteiger partial charge in [-0.15, -0.1) is 0 Å². The van der Waals surface area contributed by atoms with Gasteiger partial charge in [0.25, 0.3) is 5.91 Å². The van der Waals surface area contributed by atoms with E-state index in [0.717, 1.165) is 5.56 Å². The van der Waals surface area contributed by atoms with E-state index in [1.54, 1.807) is 0 Å². The van der Waals surface area contributed by atoms with E-state index in [-0.39, 0.29) is 0 Å². The van der Waals surface area contributed by atoms with E-state index in [4.69, 9.17) is 9.84 Å². The Morgan fingerprint density at radius 3 is 3.00 bits per heavy atom. The van der Waals surface area contributed by atoms with Crippen LogP contribution in [0.3, 0.4) is 0 Å². The lowest BCUT2D eigenvalue weighted by atomic mass is 10.2. The Bertz CT molecular complexity index is 377. The highest BCUT2D eigenvalue weighted by atomic mass is 16.5. The van der Waals surface area contributed by atoms with E-state index in [1.165, 1.54) is 6.21 Å². The van der Waals surface area contributed by atoms with E-state index < -0.39 is 12.5 Å². The van der Waals surface area contributed by atoms with Gasteiger partial charge in [-0.05, 0) is 19.1 Å². The maximum absolute atomic E-state index is 10.7. The summed E-state index contributed by atoms with van der Waals surface area (Å²) in [6.07, 6.45) is 1.47. The molecule has 16 heavy (non-hydrogen) atoms. The highest BCUT2D eigenvalue weighted by Crippen LogP contribution is 2.15. The zero-order chi connectivity index (χ0) is 11.8. The molecule has 86 valence electrons. The molecule has 0 aliphatic rings. The van der Waals surface area contributed by atoms with E-state index in [1.807, 2.05) is 31.2 Å². The molecule has 0 spiro atoms. The summed E-state index contributed by atoms with van der Waals surface area (Å²) >= 11 is 0. The lowest BCUT2D eigenvalue weighted by molar-refractivity contribution is -0.123. The number of nitrogens with zero attached hydrogens (tertiary/aromatic N) is 1. The number of aliphatic hydroxyl groups excluding tert-OH is 1. The zero-order valence-electron chi connectivity index (χ0n) is 9.01. The first-order chi connectivity index (χ1) is 7.77. The summed E-state index contributed by atoms with van der Waals surface area (Å²) in [5, 5.41) is 12.2. The molecular weight excluding hydrogens is 208 g/mol. The molecule has 0 aromatic heterocycles. The normalized spacial score (nSPS) is 10.4. The van der Waals surface area contributed by atoms with Crippen LogP contribution in [0, 0.1) is 0 Å². The van der Waals surface area contributed by atoms with Gasteiger partial charge >= 0.3 is 0 Å². The van der Waals surface area contributed by atoms with Gasteiger partial charge in [0.05, 0.1) is 12.8 Å². The fourth-order valence-corrected chi connectivity index (χ4v) is 1.08. The second-order valence-corrected chi connectivity index (χ2v) is 2.92. The van der Waals surface area contributed by atoms with Crippen LogP contribution in [-0.2, 0) is 4.79 Å². The number of hydrazone groups is 1. The van der Waals surface area contributed by atoms with Crippen LogP contribution in [0.5, 0.6) is 5.75 Å². The molecule has 0 unspecified atom stereocenters. The third-order valence-corrected chi connectivity index (χ3v) is 1.76. The molecule has 1 amide bonds. The molecule has 0 saturated carbocycles. The number of hydrogen-bond donors (Lipinski definition) is 2. The van der Waals surface area contributed by atoms with Gasteiger partial charge in [-0.1, -0.05) is 12.1 Å². The second-order valence-electron chi connectivity index (χ2n) is 2.92. The molecule has 5 heteroatoms. The maximum atomic E-state index is 10.7. The molecule has 2 N–H and O–H groups in total. The number of nitrogens with one attached hydrogen (secondary N) is 1. The van der Waals surface area contributed by atoms with E-state index in [2.05, 4.69) is 10.5 Å². The van der Waals surface area contributed by atoms with Crippen LogP contribution in [-0.4, -0.2) is 30.4 Å². The van der Waals surface area contributed by atoms with Crippen LogP contribution < -0.4 is 10.2 Å². The lowest BCUT2D eigenvalue weighted by Crippen LogP contribution is -2.20. The first-order valence-corrected chi connectivity index (χ1v) is 4.92. The fourth-order valence-electron chi connectivity index (χ4n) is 1.08. The summed E-state index contributed by atoms with van der Waals surface area (Å²) in [6.45, 7) is 1.87. The fraction of sp³-hybridized carbons (Fsp3) is 0.273. The summed E-state index contributed by atoms with van der Waals surface area (Å²) in [7, 11) is 0. The van der Waals surface area contributed by atoms with Gasteiger partial charge in [-0.3, -0.25) is 4.79 Å². The largest absolute Gasteiger partial charge is 0.493 e. The van der Waals surface area contributed by atoms with Crippen molar-refractivity contribution in [1.29, 1.82) is 0 Å². The number of amides is 1. The maximum Gasteiger partial charge on any atom is 0.265 e. The molecule has 0 radical (unpaired) electrons. The average molecular weight is 222 g/mol. The summed E-state index contributed by atoms with van der Waals surface area (Å²) in [4.78, 5) is 10.7. The molecule has 0 saturated heterocycles. The topological polar surface area (TPSA) is 70.9 Å². The molecule has 0 fully saturated rings. The van der Waals surface area contributed by atoms with Crippen molar-refractivity contribution in [2.24, 2.45) is 5.10 Å². The van der Waals surface area contributed by atoms with Crippen LogP contribution in [0.25, 0.3) is 0 Å². The predicted octanol–water partition coefficient (Wildman–Crippen LogP) is 0.528. The third kappa shape index (κ3) is 3.70. The number of carbonyl (C=O) groups is 1. The van der Waals surface area contributed by atoms with Gasteiger partial charge in [-0.2, -0.15) is 5.10 Å². The molecule has 0 bridgehead atoms. The number of aliphatic hydroxyl groups is 1. The number of benzene rings is 1. The van der Waals surface area contributed by atoms with Crippen molar-refractivity contribution in [3.8, 4) is 5.75 Å². The van der Waals surface area contributed by atoms with Gasteiger partial charge in [0, 0.05) is 5.56 Å². The third-order valence-electron chi connectivity index (χ3n) is 1.76. The van der Waals surface area contributed by atoms with E-state index in [9.17, 15) is 4.79 Å². The van der Waals surface area contributed by atoms with Crippen molar-refractivity contribution in [3.05, 3.63) is 29.8 Å². The van der Waals surface area contributed by atoms with Crippen LogP contribution in [0.15, 0.2) is 29.4 Å². The number of hydrogen-bond acceptors (Lipinski definition) is 4. The molecule has 1 rings (SSSR count). The van der Waals surface area contributed by atoms with E-state index in [0.29, 0.717) is 12.4 Å². The van der Waals surface area contributed by atoms with Gasteiger partial charge in [0.1, 0.15) is 12.4 Å². The van der Waals surface area contributed by atoms with Crippen LogP contribution >= 0.6 is 0 Å². The molecule has 5 nitrogen and oxygen atoms in total. The van der Waals surface area contributed by atoms with Crippen molar-refractivity contribution in [2.45, 2.75) is 6.92 Å². The summed E-state index contributed by atoms with van der Waals surface area (Å²) in [5.41, 5.74) is 2.94. The van der Waals surface area contributed by atoms with Crippen LogP contribution in [0.1, 0.15) is 12.5 Å². The Labute approximate surface area is 93.7 Å². The smallest absolute Gasteiger partial charge is 0.265 e. The van der Waals surface area contributed by atoms with Crippen molar-refractivity contribution < 1.29 is 14.6 Å². The van der Waals surface area contributed by atoms with Gasteiger partial charge in [-0.25, -0.2) is 5.43 Å². The predicted molar refractivity (Wildman–Crippen MR) is 60.4 cm³/mol. The van der Waals surface area contributed by atoms with Crippen LogP contribution in [0.2, 0.25) is 0 Å². The Morgan fingerprint density at radius 2 is 2.31 bits per heavy atom. The first-order valence-electron chi connectivity index (χ1n) is 4.92. The standard InChI is InChI=1S/C11H14N2O3/c1-2-16-10-6-4-3-5-9(10)7-12-13-11(15)8-14/h3-7,14H,2,8H2,1H3,(H,13,15)/b12-7-. The Kier molecular flexibility index (Phi) is 5.01. The summed E-state index contributed by atoms with van der Waals surface area (Å²) in [5.74, 6) is 0.150. The van der Waals surface area contributed by atoms with Gasteiger partial charge < -0.3 is 9.84 Å². The molecule has 0 heterocycles. The highest BCUT2D eigenvalue weighted by Gasteiger charge is 1.99. The number of para-hydroxylation sites is 1. The molecular formula is C11H14N2O3. The Morgan fingerprint density at radius 1 is 1.56 bits per heavy atom. The van der Waals surface area contributed by atoms with Crippen molar-refractivity contribution in [2.75, 3.05) is 13.2 Å². The molecule has 0 aliphatic heterocycles. The van der Waals surface area contributed by atoms with Gasteiger partial charge in [0.2, 0.25) is 0 Å². The molecule has 0 atom stereocenters. The van der Waals surface area contributed by atoms with Crippen molar-refractivity contribution in [1.82, 2.24) is 5.43 Å². The quantitative estimate of drug-likeness (QED) is 0.564. The van der Waals surface area contributed by atoms with Gasteiger partial charge in [0.15, 0.2) is 0 Å². The summed E-state index contributed by atoms with van der Waals surface area (Å²) in [6, 6.07) is 7.34. The minimum atomic E-state index is -0.579. The number of ether oxygens (including phenoxy) is 1. The zero-order valence-corrected chi connectivity index (χ0v) is 9.01. The average Bonchev–Trinajstić information content (AvgIpc) is 2.31. The number of carbonyl (C=O) groups excluding carboxylic acids is 1. The first kappa shape index (κ1) is 12.2. The lowest BCUT2D eigenvalue weighted by Gasteiger charge is -2.05. The van der Waals surface area contributed by atoms with E-state index >= 15 is 0 Å². The Hall–Kier alpha value is -1.88. The van der Waals surface area contributed by atoms with Crippen LogP contribution in [0.4, 0.5) is 0 Å². The minimum absolute atomic E-state index is 0.551. The highest BCUT2D eigenvalue weighted by molar-refractivity contribution is 5.85. The number of rotatable bonds is 5. The molecule has 0 aliphatic carbocycles. The monoisotopic (exact) mass is 222 g/mol. The molecule has 1 aromatic carbocycles.